The van der Waals surface area contributed by atoms with Gasteiger partial charge < -0.3 is 15.4 Å². The summed E-state index contributed by atoms with van der Waals surface area (Å²) in [5.41, 5.74) is 2.57. The van der Waals surface area contributed by atoms with Gasteiger partial charge in [-0.1, -0.05) is 25.1 Å². The molecule has 0 saturated heterocycles. The standard InChI is InChI=1S/C21H26N4O5/c1-5-15-8-6-7-9-16(15)22-20(26)12-24(3)13-21(27)23-17-11-19(30-4)18(25(28)29)10-14(17)2/h6-11H,5,12-13H2,1-4H3,(H,22,26)(H,23,27). The zero-order chi connectivity index (χ0) is 22.3. The third-order valence-electron chi connectivity index (χ3n) is 4.50. The van der Waals surface area contributed by atoms with Crippen molar-refractivity contribution in [1.82, 2.24) is 4.90 Å². The fourth-order valence-corrected chi connectivity index (χ4v) is 2.99. The first-order chi connectivity index (χ1) is 14.2. The maximum absolute atomic E-state index is 12.4. The molecule has 0 spiro atoms. The van der Waals surface area contributed by atoms with Crippen molar-refractivity contribution in [3.8, 4) is 5.75 Å². The molecule has 9 heteroatoms. The van der Waals surface area contributed by atoms with Crippen LogP contribution in [0, 0.1) is 17.0 Å². The Balaban J connectivity index is 1.96. The Morgan fingerprint density at radius 1 is 1.10 bits per heavy atom. The summed E-state index contributed by atoms with van der Waals surface area (Å²) < 4.78 is 5.04. The molecule has 0 heterocycles. The Kier molecular flexibility index (Phi) is 7.88. The molecular formula is C21H26N4O5. The number of nitro benzene ring substituents is 1. The molecule has 9 nitrogen and oxygen atoms in total. The number of para-hydroxylation sites is 1. The number of likely N-dealkylation sites (N-methyl/N-ethyl adjacent to an activating group) is 1. The summed E-state index contributed by atoms with van der Waals surface area (Å²) in [4.78, 5) is 36.8. The molecule has 0 aliphatic rings. The second-order valence-corrected chi connectivity index (χ2v) is 6.88. The fourth-order valence-electron chi connectivity index (χ4n) is 2.99. The number of nitro groups is 1. The number of ether oxygens (including phenoxy) is 1. The first-order valence-electron chi connectivity index (χ1n) is 9.44. The predicted octanol–water partition coefficient (Wildman–Crippen LogP) is 2.98. The normalized spacial score (nSPS) is 10.6. The van der Waals surface area contributed by atoms with Gasteiger partial charge in [-0.05, 0) is 37.6 Å². The molecule has 0 unspecified atom stereocenters. The Bertz CT molecular complexity index is 945. The average Bonchev–Trinajstić information content (AvgIpc) is 2.69. The second-order valence-electron chi connectivity index (χ2n) is 6.88. The SMILES string of the molecule is CCc1ccccc1NC(=O)CN(C)CC(=O)Nc1cc(OC)c([N+](=O)[O-])cc1C. The smallest absolute Gasteiger partial charge is 0.311 e. The molecule has 2 aromatic rings. The molecule has 30 heavy (non-hydrogen) atoms. The van der Waals surface area contributed by atoms with Crippen LogP contribution in [0.2, 0.25) is 0 Å². The molecule has 0 saturated carbocycles. The fraction of sp³-hybridized carbons (Fsp3) is 0.333. The van der Waals surface area contributed by atoms with Crippen LogP contribution in [0.3, 0.4) is 0 Å². The highest BCUT2D eigenvalue weighted by atomic mass is 16.6. The van der Waals surface area contributed by atoms with Gasteiger partial charge in [-0.25, -0.2) is 0 Å². The van der Waals surface area contributed by atoms with Gasteiger partial charge in [0.05, 0.1) is 25.1 Å². The van der Waals surface area contributed by atoms with Crippen LogP contribution in [0.1, 0.15) is 18.1 Å². The molecule has 0 aliphatic heterocycles. The largest absolute Gasteiger partial charge is 0.490 e. The Morgan fingerprint density at radius 2 is 1.70 bits per heavy atom. The molecule has 2 amide bonds. The summed E-state index contributed by atoms with van der Waals surface area (Å²) in [6.07, 6.45) is 0.798. The lowest BCUT2D eigenvalue weighted by molar-refractivity contribution is -0.385. The van der Waals surface area contributed by atoms with Gasteiger partial charge in [0, 0.05) is 23.5 Å². The number of aryl methyl sites for hydroxylation is 2. The molecule has 0 atom stereocenters. The van der Waals surface area contributed by atoms with Crippen LogP contribution in [0.5, 0.6) is 5.75 Å². The molecule has 0 fully saturated rings. The van der Waals surface area contributed by atoms with E-state index >= 15 is 0 Å². The number of carbonyl (C=O) groups is 2. The molecular weight excluding hydrogens is 388 g/mol. The highest BCUT2D eigenvalue weighted by Crippen LogP contribution is 2.32. The summed E-state index contributed by atoms with van der Waals surface area (Å²) in [5.74, 6) is -0.513. The first kappa shape index (κ1) is 22.8. The van der Waals surface area contributed by atoms with Crippen molar-refractivity contribution in [3.05, 3.63) is 57.6 Å². The van der Waals surface area contributed by atoms with Gasteiger partial charge >= 0.3 is 5.69 Å². The van der Waals surface area contributed by atoms with Crippen LogP contribution in [-0.4, -0.2) is 48.9 Å². The molecule has 160 valence electrons. The van der Waals surface area contributed by atoms with Crippen LogP contribution < -0.4 is 15.4 Å². The number of rotatable bonds is 9. The summed E-state index contributed by atoms with van der Waals surface area (Å²) >= 11 is 0. The molecule has 0 bridgehead atoms. The van der Waals surface area contributed by atoms with Crippen LogP contribution in [-0.2, 0) is 16.0 Å². The van der Waals surface area contributed by atoms with Crippen molar-refractivity contribution in [3.63, 3.8) is 0 Å². The van der Waals surface area contributed by atoms with E-state index in [4.69, 9.17) is 4.74 Å². The number of anilines is 2. The first-order valence-corrected chi connectivity index (χ1v) is 9.44. The number of carbonyl (C=O) groups excluding carboxylic acids is 2. The average molecular weight is 414 g/mol. The number of amides is 2. The van der Waals surface area contributed by atoms with Gasteiger partial charge in [0.15, 0.2) is 5.75 Å². The maximum Gasteiger partial charge on any atom is 0.311 e. The van der Waals surface area contributed by atoms with E-state index in [0.29, 0.717) is 11.3 Å². The van der Waals surface area contributed by atoms with Crippen molar-refractivity contribution in [1.29, 1.82) is 0 Å². The molecule has 0 aliphatic carbocycles. The van der Waals surface area contributed by atoms with Gasteiger partial charge in [-0.2, -0.15) is 0 Å². The summed E-state index contributed by atoms with van der Waals surface area (Å²) in [7, 11) is 2.99. The molecule has 0 aromatic heterocycles. The van der Waals surface area contributed by atoms with E-state index in [9.17, 15) is 19.7 Å². The van der Waals surface area contributed by atoms with Crippen molar-refractivity contribution in [2.24, 2.45) is 0 Å². The number of hydrogen-bond donors (Lipinski definition) is 2. The van der Waals surface area contributed by atoms with E-state index in [-0.39, 0.29) is 36.3 Å². The number of methoxy groups -OCH3 is 1. The summed E-state index contributed by atoms with van der Waals surface area (Å²) in [6, 6.07) is 10.3. The van der Waals surface area contributed by atoms with E-state index in [1.165, 1.54) is 19.2 Å². The summed E-state index contributed by atoms with van der Waals surface area (Å²) in [6.45, 7) is 3.68. The molecule has 2 aromatic carbocycles. The minimum absolute atomic E-state index is 0.0262. The Hall–Kier alpha value is -3.46. The van der Waals surface area contributed by atoms with E-state index in [2.05, 4.69) is 10.6 Å². The van der Waals surface area contributed by atoms with Crippen LogP contribution >= 0.6 is 0 Å². The lowest BCUT2D eigenvalue weighted by atomic mass is 10.1. The van der Waals surface area contributed by atoms with E-state index in [0.717, 1.165) is 17.7 Å². The monoisotopic (exact) mass is 414 g/mol. The second kappa shape index (κ2) is 10.4. The number of benzene rings is 2. The van der Waals surface area contributed by atoms with Crippen molar-refractivity contribution in [2.75, 3.05) is 37.9 Å². The Morgan fingerprint density at radius 3 is 2.27 bits per heavy atom. The van der Waals surface area contributed by atoms with Crippen molar-refractivity contribution < 1.29 is 19.2 Å². The lowest BCUT2D eigenvalue weighted by Crippen LogP contribution is -2.36. The molecule has 2 rings (SSSR count). The van der Waals surface area contributed by atoms with Crippen LogP contribution in [0.25, 0.3) is 0 Å². The van der Waals surface area contributed by atoms with Crippen molar-refractivity contribution in [2.45, 2.75) is 20.3 Å². The minimum atomic E-state index is -0.541. The zero-order valence-electron chi connectivity index (χ0n) is 17.5. The summed E-state index contributed by atoms with van der Waals surface area (Å²) in [5, 5.41) is 16.7. The zero-order valence-corrected chi connectivity index (χ0v) is 17.5. The Labute approximate surface area is 175 Å². The van der Waals surface area contributed by atoms with E-state index < -0.39 is 4.92 Å². The third kappa shape index (κ3) is 6.02. The van der Waals surface area contributed by atoms with Gasteiger partial charge in [-0.3, -0.25) is 24.6 Å². The number of nitrogens with one attached hydrogen (secondary N) is 2. The molecule has 2 N–H and O–H groups in total. The van der Waals surface area contributed by atoms with E-state index in [1.807, 2.05) is 31.2 Å². The lowest BCUT2D eigenvalue weighted by Gasteiger charge is -2.17. The molecule has 0 radical (unpaired) electrons. The van der Waals surface area contributed by atoms with Crippen LogP contribution in [0.4, 0.5) is 17.1 Å². The third-order valence-corrected chi connectivity index (χ3v) is 4.50. The van der Waals surface area contributed by atoms with Crippen molar-refractivity contribution >= 4 is 28.9 Å². The van der Waals surface area contributed by atoms with Gasteiger partial charge in [-0.15, -0.1) is 0 Å². The number of hydrogen-bond acceptors (Lipinski definition) is 6. The minimum Gasteiger partial charge on any atom is -0.490 e. The highest BCUT2D eigenvalue weighted by molar-refractivity contribution is 5.95. The maximum atomic E-state index is 12.4. The number of nitrogens with zero attached hydrogens (tertiary/aromatic N) is 2. The topological polar surface area (TPSA) is 114 Å². The van der Waals surface area contributed by atoms with Gasteiger partial charge in [0.25, 0.3) is 0 Å². The van der Waals surface area contributed by atoms with E-state index in [1.54, 1.807) is 18.9 Å². The van der Waals surface area contributed by atoms with Gasteiger partial charge in [0.1, 0.15) is 0 Å². The van der Waals surface area contributed by atoms with Gasteiger partial charge in [0.2, 0.25) is 11.8 Å². The van der Waals surface area contributed by atoms with Crippen LogP contribution in [0.15, 0.2) is 36.4 Å². The highest BCUT2D eigenvalue weighted by Gasteiger charge is 2.19. The quantitative estimate of drug-likeness (QED) is 0.482. The predicted molar refractivity (Wildman–Crippen MR) is 115 cm³/mol.